The van der Waals surface area contributed by atoms with E-state index in [1.807, 2.05) is 48.0 Å². The van der Waals surface area contributed by atoms with Crippen LogP contribution >= 0.6 is 0 Å². The molecule has 0 spiro atoms. The Morgan fingerprint density at radius 3 is 2.39 bits per heavy atom. The van der Waals surface area contributed by atoms with E-state index in [1.165, 1.54) is 11.6 Å². The lowest BCUT2D eigenvalue weighted by molar-refractivity contribution is 0.211. The van der Waals surface area contributed by atoms with Gasteiger partial charge in [-0.05, 0) is 36.6 Å². The van der Waals surface area contributed by atoms with Crippen molar-refractivity contribution in [3.8, 4) is 40.1 Å². The summed E-state index contributed by atoms with van der Waals surface area (Å²) in [6.45, 7) is 2.79. The van der Waals surface area contributed by atoms with Gasteiger partial charge in [-0.25, -0.2) is 24.3 Å². The summed E-state index contributed by atoms with van der Waals surface area (Å²) in [6.07, 6.45) is 5.18. The molecule has 0 radical (unpaired) electrons. The van der Waals surface area contributed by atoms with E-state index in [4.69, 9.17) is 10.2 Å². The zero-order valence-corrected chi connectivity index (χ0v) is 22.7. The summed E-state index contributed by atoms with van der Waals surface area (Å²) in [5.41, 5.74) is 5.14. The fraction of sp³-hybridized carbons (Fsp3) is 0.219. The van der Waals surface area contributed by atoms with Gasteiger partial charge in [-0.15, -0.1) is 0 Å². The molecule has 1 saturated heterocycles. The Morgan fingerprint density at radius 1 is 0.878 bits per heavy atom. The quantitative estimate of drug-likeness (QED) is 0.281. The molecule has 41 heavy (non-hydrogen) atoms. The zero-order valence-electron chi connectivity index (χ0n) is 22.7. The number of likely N-dealkylation sites (tertiary alicyclic amines) is 1. The molecule has 204 valence electrons. The summed E-state index contributed by atoms with van der Waals surface area (Å²) in [5.74, 6) is 0.967. The summed E-state index contributed by atoms with van der Waals surface area (Å²) in [4.78, 5) is 19.8. The molecule has 0 unspecified atom stereocenters. The fourth-order valence-corrected chi connectivity index (χ4v) is 5.35. The van der Waals surface area contributed by atoms with Crippen LogP contribution in [0.15, 0.2) is 85.2 Å². The van der Waals surface area contributed by atoms with E-state index in [1.54, 1.807) is 24.5 Å². The first-order valence-electron chi connectivity index (χ1n) is 13.6. The summed E-state index contributed by atoms with van der Waals surface area (Å²) >= 11 is 0. The number of aromatic nitrogens is 5. The number of benzene rings is 2. The summed E-state index contributed by atoms with van der Waals surface area (Å²) in [7, 11) is 1.91. The minimum Gasteiger partial charge on any atom is -0.367 e. The number of halogens is 1. The van der Waals surface area contributed by atoms with Gasteiger partial charge in [0.15, 0.2) is 11.6 Å². The molecule has 0 atom stereocenters. The molecule has 8 nitrogen and oxygen atoms in total. The fourth-order valence-electron chi connectivity index (χ4n) is 5.35. The largest absolute Gasteiger partial charge is 0.367 e. The van der Waals surface area contributed by atoms with Crippen molar-refractivity contribution >= 4 is 5.82 Å². The van der Waals surface area contributed by atoms with E-state index in [-0.39, 0.29) is 11.5 Å². The van der Waals surface area contributed by atoms with Gasteiger partial charge in [0.05, 0.1) is 11.4 Å². The molecule has 0 aliphatic carbocycles. The first-order valence-corrected chi connectivity index (χ1v) is 13.6. The second-order valence-corrected chi connectivity index (χ2v) is 10.2. The molecular weight excluding hydrogens is 515 g/mol. The molecule has 0 saturated carbocycles. The van der Waals surface area contributed by atoms with Crippen molar-refractivity contribution in [1.82, 2.24) is 29.4 Å². The Kier molecular flexibility index (Phi) is 7.48. The number of hydrogen-bond acceptors (Lipinski definition) is 7. The first-order chi connectivity index (χ1) is 20.1. The van der Waals surface area contributed by atoms with Crippen LogP contribution in [0.4, 0.5) is 10.2 Å². The number of imidazole rings is 1. The number of piperidine rings is 1. The lowest BCUT2D eigenvalue weighted by atomic mass is 10.0. The highest BCUT2D eigenvalue weighted by atomic mass is 19.1. The molecule has 2 aromatic carbocycles. The number of anilines is 1. The molecule has 1 aliphatic rings. The average molecular weight is 545 g/mol. The molecular formula is C32H29FN8. The lowest BCUT2D eigenvalue weighted by Gasteiger charge is -2.32. The number of nitrogens with zero attached hydrogens (tertiary/aromatic N) is 7. The van der Waals surface area contributed by atoms with E-state index in [2.05, 4.69) is 49.4 Å². The predicted octanol–water partition coefficient (Wildman–Crippen LogP) is 5.69. The smallest absolute Gasteiger partial charge is 0.234 e. The first kappa shape index (κ1) is 26.3. The molecule has 9 heteroatoms. The zero-order chi connectivity index (χ0) is 28.2. The lowest BCUT2D eigenvalue weighted by Crippen LogP contribution is -2.38. The minimum atomic E-state index is -0.398. The van der Waals surface area contributed by atoms with Crippen LogP contribution < -0.4 is 5.32 Å². The molecule has 1 N–H and O–H groups in total. The Labute approximate surface area is 238 Å². The number of pyridine rings is 1. The van der Waals surface area contributed by atoms with Crippen molar-refractivity contribution in [2.45, 2.75) is 25.4 Å². The average Bonchev–Trinajstić information content (AvgIpc) is 3.36. The summed E-state index contributed by atoms with van der Waals surface area (Å²) in [6, 6.07) is 25.6. The maximum absolute atomic E-state index is 14.7. The van der Waals surface area contributed by atoms with Gasteiger partial charge in [0.25, 0.3) is 0 Å². The van der Waals surface area contributed by atoms with Gasteiger partial charge in [0.1, 0.15) is 17.6 Å². The summed E-state index contributed by atoms with van der Waals surface area (Å²) < 4.78 is 16.6. The van der Waals surface area contributed by atoms with Gasteiger partial charge < -0.3 is 9.88 Å². The molecule has 1 fully saturated rings. The van der Waals surface area contributed by atoms with Gasteiger partial charge in [-0.1, -0.05) is 54.6 Å². The maximum atomic E-state index is 14.7. The Balaban J connectivity index is 1.18. The van der Waals surface area contributed by atoms with E-state index in [0.717, 1.165) is 55.0 Å². The van der Waals surface area contributed by atoms with Crippen molar-refractivity contribution in [2.24, 2.45) is 7.05 Å². The van der Waals surface area contributed by atoms with Crippen LogP contribution in [-0.4, -0.2) is 48.5 Å². The monoisotopic (exact) mass is 544 g/mol. The molecule has 4 heterocycles. The van der Waals surface area contributed by atoms with Crippen LogP contribution in [0.3, 0.4) is 0 Å². The van der Waals surface area contributed by atoms with Crippen LogP contribution in [0, 0.1) is 17.1 Å². The van der Waals surface area contributed by atoms with Gasteiger partial charge in [0.2, 0.25) is 5.82 Å². The number of nitrogens with one attached hydrogen (secondary N) is 1. The highest BCUT2D eigenvalue weighted by molar-refractivity contribution is 5.81. The minimum absolute atomic E-state index is 0.178. The highest BCUT2D eigenvalue weighted by Gasteiger charge is 2.22. The standard InChI is InChI=1S/C32H29FN8/c1-40-31(24-6-3-2-4-7-24)29(39-32(40)30-26(33)8-5-16-36-30)23-11-9-22(10-12-23)21-41-18-14-25(15-19-41)37-27-13-17-35-28(20-34)38-27/h2-13,16-17,25H,14-15,18-19,21H2,1H3,(H,35,37,38). The molecule has 6 rings (SSSR count). The number of nitriles is 1. The third kappa shape index (κ3) is 5.69. The third-order valence-electron chi connectivity index (χ3n) is 7.44. The normalized spacial score (nSPS) is 14.1. The topological polar surface area (TPSA) is 95.5 Å². The van der Waals surface area contributed by atoms with Gasteiger partial charge in [0, 0.05) is 56.2 Å². The van der Waals surface area contributed by atoms with Crippen LogP contribution in [0.2, 0.25) is 0 Å². The number of rotatable bonds is 7. The van der Waals surface area contributed by atoms with Gasteiger partial charge in [-0.2, -0.15) is 5.26 Å². The van der Waals surface area contributed by atoms with Crippen LogP contribution in [-0.2, 0) is 13.6 Å². The van der Waals surface area contributed by atoms with Gasteiger partial charge in [-0.3, -0.25) is 4.90 Å². The van der Waals surface area contributed by atoms with E-state index >= 15 is 0 Å². The van der Waals surface area contributed by atoms with E-state index in [9.17, 15) is 4.39 Å². The SMILES string of the molecule is Cn1c(-c2ncccc2F)nc(-c2ccc(CN3CCC(Nc4ccnc(C#N)n4)CC3)cc2)c1-c1ccccc1. The van der Waals surface area contributed by atoms with Crippen LogP contribution in [0.1, 0.15) is 24.2 Å². The second kappa shape index (κ2) is 11.7. The van der Waals surface area contributed by atoms with Crippen LogP contribution in [0.25, 0.3) is 34.0 Å². The van der Waals surface area contributed by atoms with Crippen molar-refractivity contribution in [1.29, 1.82) is 5.26 Å². The number of hydrogen-bond donors (Lipinski definition) is 1. The third-order valence-corrected chi connectivity index (χ3v) is 7.44. The van der Waals surface area contributed by atoms with E-state index < -0.39 is 5.82 Å². The molecule has 1 aliphatic heterocycles. The Bertz CT molecular complexity index is 1680. The predicted molar refractivity (Wildman–Crippen MR) is 156 cm³/mol. The van der Waals surface area contributed by atoms with Crippen molar-refractivity contribution < 1.29 is 4.39 Å². The van der Waals surface area contributed by atoms with E-state index in [0.29, 0.717) is 17.7 Å². The maximum Gasteiger partial charge on any atom is 0.234 e. The second-order valence-electron chi connectivity index (χ2n) is 10.2. The summed E-state index contributed by atoms with van der Waals surface area (Å²) in [5, 5.41) is 12.5. The Hall–Kier alpha value is -4.94. The van der Waals surface area contributed by atoms with Gasteiger partial charge >= 0.3 is 0 Å². The van der Waals surface area contributed by atoms with Crippen molar-refractivity contribution in [2.75, 3.05) is 18.4 Å². The van der Waals surface area contributed by atoms with Crippen molar-refractivity contribution in [3.05, 3.63) is 102 Å². The molecule has 0 bridgehead atoms. The molecule has 5 aromatic rings. The molecule has 0 amide bonds. The van der Waals surface area contributed by atoms with Crippen LogP contribution in [0.5, 0.6) is 0 Å². The highest BCUT2D eigenvalue weighted by Crippen LogP contribution is 2.35. The Morgan fingerprint density at radius 2 is 1.66 bits per heavy atom. The molecule has 3 aromatic heterocycles. The van der Waals surface area contributed by atoms with Crippen molar-refractivity contribution in [3.63, 3.8) is 0 Å².